The van der Waals surface area contributed by atoms with E-state index in [2.05, 4.69) is 15.0 Å². The molecule has 0 bridgehead atoms. The van der Waals surface area contributed by atoms with Crippen LogP contribution in [0.15, 0.2) is 53.5 Å². The maximum absolute atomic E-state index is 15.2. The topological polar surface area (TPSA) is 103 Å². The van der Waals surface area contributed by atoms with Crippen LogP contribution in [0.5, 0.6) is 5.88 Å². The molecule has 0 fully saturated rings. The Morgan fingerprint density at radius 2 is 1.95 bits per heavy atom. The highest BCUT2D eigenvalue weighted by molar-refractivity contribution is 5.93. The van der Waals surface area contributed by atoms with Gasteiger partial charge in [-0.1, -0.05) is 6.08 Å². The molecule has 1 unspecified atom stereocenters. The quantitative estimate of drug-likeness (QED) is 0.315. The fourth-order valence-corrected chi connectivity index (χ4v) is 4.68. The fraction of sp³-hybridized carbons (Fsp3) is 0.250. The van der Waals surface area contributed by atoms with Crippen LogP contribution in [0.25, 0.3) is 27.7 Å². The molecule has 4 aromatic rings. The first-order valence-corrected chi connectivity index (χ1v) is 12.1. The van der Waals surface area contributed by atoms with Crippen LogP contribution < -0.4 is 10.3 Å². The zero-order valence-corrected chi connectivity index (χ0v) is 21.5. The van der Waals surface area contributed by atoms with Crippen LogP contribution in [0.1, 0.15) is 42.1 Å². The molecular formula is C28H21F4N5O3. The number of methoxy groups -OCH3 is 1. The van der Waals surface area contributed by atoms with Gasteiger partial charge >= 0.3 is 6.18 Å². The molecule has 0 saturated carbocycles. The lowest BCUT2D eigenvalue weighted by Gasteiger charge is -2.28. The molecule has 12 heteroatoms. The maximum Gasteiger partial charge on any atom is 0.449 e. The van der Waals surface area contributed by atoms with E-state index in [4.69, 9.17) is 14.7 Å². The minimum absolute atomic E-state index is 0.0122. The molecule has 1 aromatic carbocycles. The minimum Gasteiger partial charge on any atom is -0.481 e. The van der Waals surface area contributed by atoms with Crippen molar-refractivity contribution in [3.63, 3.8) is 0 Å². The van der Waals surface area contributed by atoms with Crippen molar-refractivity contribution in [2.75, 3.05) is 7.11 Å². The van der Waals surface area contributed by atoms with Crippen LogP contribution in [-0.4, -0.2) is 32.7 Å². The third kappa shape index (κ3) is 4.91. The standard InChI is InChI=1S/C28H21F4N5O3/c1-14-8-17(10-22(40-14)16-6-7-34-23(11-16)39-3)21-12-19-25(36-27(28(30,31)32)37(2)26(19)38)24(35-21)18-5-4-15(13-33)9-20(18)29/h4-9,11-12,14,22H,10H2,1-3H3/t14?,22-/m0/s1. The summed E-state index contributed by atoms with van der Waals surface area (Å²) in [6.07, 6.45) is -2.14. The smallest absolute Gasteiger partial charge is 0.449 e. The molecule has 204 valence electrons. The van der Waals surface area contributed by atoms with Crippen LogP contribution in [0, 0.1) is 17.1 Å². The predicted octanol–water partition coefficient (Wildman–Crippen LogP) is 5.36. The van der Waals surface area contributed by atoms with Gasteiger partial charge in [0.15, 0.2) is 0 Å². The number of aromatic nitrogens is 4. The molecule has 0 amide bonds. The SMILES string of the molecule is COc1cc([C@@H]2CC(c3cc4c(=O)n(C)c(C(F)(F)F)nc4c(-c4ccc(C#N)cc4F)n3)=CC(C)O2)ccn1. The molecule has 1 aliphatic heterocycles. The number of nitriles is 1. The second kappa shape index (κ2) is 10.2. The van der Waals surface area contributed by atoms with Gasteiger partial charge in [0.2, 0.25) is 11.7 Å². The van der Waals surface area contributed by atoms with E-state index in [1.165, 1.54) is 25.3 Å². The van der Waals surface area contributed by atoms with Gasteiger partial charge in [0.05, 0.1) is 42.0 Å². The van der Waals surface area contributed by atoms with E-state index in [-0.39, 0.29) is 27.9 Å². The lowest BCUT2D eigenvalue weighted by Crippen LogP contribution is -2.28. The number of benzene rings is 1. The normalized spacial score (nSPS) is 17.4. The summed E-state index contributed by atoms with van der Waals surface area (Å²) >= 11 is 0. The highest BCUT2D eigenvalue weighted by Gasteiger charge is 2.37. The van der Waals surface area contributed by atoms with Crippen LogP contribution in [0.4, 0.5) is 17.6 Å². The average molecular weight is 552 g/mol. The molecule has 8 nitrogen and oxygen atoms in total. The van der Waals surface area contributed by atoms with Crippen molar-refractivity contribution in [3.8, 4) is 23.2 Å². The van der Waals surface area contributed by atoms with Crippen LogP contribution >= 0.6 is 0 Å². The van der Waals surface area contributed by atoms with Gasteiger partial charge in [0, 0.05) is 31.3 Å². The molecule has 2 atom stereocenters. The molecular weight excluding hydrogens is 530 g/mol. The summed E-state index contributed by atoms with van der Waals surface area (Å²) in [5.74, 6) is -1.94. The maximum atomic E-state index is 15.2. The summed E-state index contributed by atoms with van der Waals surface area (Å²) in [7, 11) is 2.46. The van der Waals surface area contributed by atoms with E-state index in [0.29, 0.717) is 22.4 Å². The zero-order chi connectivity index (χ0) is 28.8. The van der Waals surface area contributed by atoms with Crippen LogP contribution in [-0.2, 0) is 18.0 Å². The van der Waals surface area contributed by atoms with Gasteiger partial charge < -0.3 is 9.47 Å². The number of ether oxygens (including phenoxy) is 2. The molecule has 0 saturated heterocycles. The van der Waals surface area contributed by atoms with E-state index in [1.807, 2.05) is 13.0 Å². The molecule has 0 spiro atoms. The summed E-state index contributed by atoms with van der Waals surface area (Å²) in [5, 5.41) is 8.97. The number of hydrogen-bond donors (Lipinski definition) is 0. The Kier molecular flexibility index (Phi) is 6.85. The lowest BCUT2D eigenvalue weighted by atomic mass is 9.94. The van der Waals surface area contributed by atoms with Gasteiger partial charge in [0.25, 0.3) is 5.56 Å². The Balaban J connectivity index is 1.74. The van der Waals surface area contributed by atoms with Gasteiger partial charge in [-0.05, 0) is 48.4 Å². The Labute approximate surface area is 225 Å². The summed E-state index contributed by atoms with van der Waals surface area (Å²) in [6, 6.07) is 10.2. The highest BCUT2D eigenvalue weighted by Crippen LogP contribution is 2.38. The van der Waals surface area contributed by atoms with E-state index in [1.54, 1.807) is 24.4 Å². The molecule has 5 rings (SSSR count). The molecule has 4 heterocycles. The molecule has 0 aliphatic carbocycles. The van der Waals surface area contributed by atoms with Crippen molar-refractivity contribution in [1.29, 1.82) is 5.26 Å². The van der Waals surface area contributed by atoms with Crippen LogP contribution in [0.2, 0.25) is 0 Å². The Morgan fingerprint density at radius 3 is 2.62 bits per heavy atom. The van der Waals surface area contributed by atoms with Crippen molar-refractivity contribution < 1.29 is 27.0 Å². The fourth-order valence-electron chi connectivity index (χ4n) is 4.68. The van der Waals surface area contributed by atoms with Gasteiger partial charge in [-0.15, -0.1) is 0 Å². The second-order valence-electron chi connectivity index (χ2n) is 9.21. The first-order valence-electron chi connectivity index (χ1n) is 12.1. The number of pyridine rings is 2. The highest BCUT2D eigenvalue weighted by atomic mass is 19.4. The molecule has 1 aliphatic rings. The summed E-state index contributed by atoms with van der Waals surface area (Å²) < 4.78 is 68.1. The Bertz CT molecular complexity index is 1780. The molecule has 40 heavy (non-hydrogen) atoms. The monoisotopic (exact) mass is 551 g/mol. The number of fused-ring (bicyclic) bond motifs is 1. The molecule has 0 N–H and O–H groups in total. The van der Waals surface area contributed by atoms with Crippen molar-refractivity contribution in [3.05, 3.63) is 87.5 Å². The number of hydrogen-bond acceptors (Lipinski definition) is 7. The van der Waals surface area contributed by atoms with Gasteiger partial charge in [-0.2, -0.15) is 18.4 Å². The largest absolute Gasteiger partial charge is 0.481 e. The van der Waals surface area contributed by atoms with Crippen molar-refractivity contribution >= 4 is 16.5 Å². The number of nitrogens with zero attached hydrogens (tertiary/aromatic N) is 5. The van der Waals surface area contributed by atoms with E-state index in [9.17, 15) is 18.0 Å². The molecule has 3 aromatic heterocycles. The summed E-state index contributed by atoms with van der Waals surface area (Å²) in [5.41, 5.74) is -0.138. The lowest BCUT2D eigenvalue weighted by molar-refractivity contribution is -0.147. The van der Waals surface area contributed by atoms with Crippen molar-refractivity contribution in [1.82, 2.24) is 19.5 Å². The number of rotatable bonds is 4. The first-order chi connectivity index (χ1) is 19.0. The number of halogens is 4. The summed E-state index contributed by atoms with van der Waals surface area (Å²) in [6.45, 7) is 1.81. The third-order valence-corrected chi connectivity index (χ3v) is 6.56. The minimum atomic E-state index is -4.95. The Hall–Kier alpha value is -4.63. The van der Waals surface area contributed by atoms with E-state index < -0.39 is 41.1 Å². The third-order valence-electron chi connectivity index (χ3n) is 6.56. The second-order valence-corrected chi connectivity index (χ2v) is 9.21. The van der Waals surface area contributed by atoms with Gasteiger partial charge in [-0.3, -0.25) is 9.36 Å². The van der Waals surface area contributed by atoms with Crippen LogP contribution in [0.3, 0.4) is 0 Å². The summed E-state index contributed by atoms with van der Waals surface area (Å²) in [4.78, 5) is 25.6. The average Bonchev–Trinajstić information content (AvgIpc) is 2.93. The van der Waals surface area contributed by atoms with E-state index in [0.717, 1.165) is 18.7 Å². The van der Waals surface area contributed by atoms with Crippen molar-refractivity contribution in [2.24, 2.45) is 7.05 Å². The Morgan fingerprint density at radius 1 is 1.18 bits per heavy atom. The zero-order valence-electron chi connectivity index (χ0n) is 21.5. The van der Waals surface area contributed by atoms with Gasteiger partial charge in [0.1, 0.15) is 17.0 Å². The van der Waals surface area contributed by atoms with Crippen molar-refractivity contribution in [2.45, 2.75) is 31.7 Å². The predicted molar refractivity (Wildman–Crippen MR) is 137 cm³/mol. The number of alkyl halides is 3. The first kappa shape index (κ1) is 27.0. The van der Waals surface area contributed by atoms with Gasteiger partial charge in [-0.25, -0.2) is 19.3 Å². The van der Waals surface area contributed by atoms with E-state index >= 15 is 4.39 Å². The molecule has 0 radical (unpaired) electrons.